The van der Waals surface area contributed by atoms with Crippen LogP contribution >= 0.6 is 0 Å². The fourth-order valence-electron chi connectivity index (χ4n) is 1.95. The van der Waals surface area contributed by atoms with Gasteiger partial charge in [0.15, 0.2) is 0 Å². The van der Waals surface area contributed by atoms with Crippen LogP contribution in [0.3, 0.4) is 0 Å². The van der Waals surface area contributed by atoms with Gasteiger partial charge >= 0.3 is 0 Å². The minimum absolute atomic E-state index is 0.734. The minimum Gasteiger partial charge on any atom is -0.331 e. The van der Waals surface area contributed by atoms with E-state index >= 15 is 0 Å². The first-order valence-corrected chi connectivity index (χ1v) is 7.29. The van der Waals surface area contributed by atoms with Gasteiger partial charge in [0.2, 0.25) is 0 Å². The Kier molecular flexibility index (Phi) is 6.61. The van der Waals surface area contributed by atoms with Crippen LogP contribution in [-0.4, -0.2) is 9.55 Å². The number of hydrogen-bond acceptors (Lipinski definition) is 1. The highest BCUT2D eigenvalue weighted by Gasteiger charge is 2.01. The summed E-state index contributed by atoms with van der Waals surface area (Å²) >= 11 is 0. The molecule has 0 spiro atoms. The van der Waals surface area contributed by atoms with Gasteiger partial charge in [-0.2, -0.15) is 0 Å². The predicted molar refractivity (Wildman–Crippen MR) is 84.0 cm³/mol. The van der Waals surface area contributed by atoms with Gasteiger partial charge in [0.25, 0.3) is 0 Å². The average molecular weight is 260 g/mol. The Bertz CT molecular complexity index is 432. The lowest BCUT2D eigenvalue weighted by Crippen LogP contribution is -2.02. The van der Waals surface area contributed by atoms with Crippen molar-refractivity contribution in [3.63, 3.8) is 0 Å². The third kappa shape index (κ3) is 6.42. The van der Waals surface area contributed by atoms with Crippen molar-refractivity contribution in [1.29, 1.82) is 0 Å². The van der Waals surface area contributed by atoms with Crippen LogP contribution in [0.5, 0.6) is 0 Å². The van der Waals surface area contributed by atoms with Crippen molar-refractivity contribution >= 4 is 6.08 Å². The van der Waals surface area contributed by atoms with Gasteiger partial charge in [-0.1, -0.05) is 31.1 Å². The van der Waals surface area contributed by atoms with Crippen molar-refractivity contribution in [2.24, 2.45) is 5.92 Å². The van der Waals surface area contributed by atoms with Crippen LogP contribution in [0.4, 0.5) is 0 Å². The quantitative estimate of drug-likeness (QED) is 0.625. The molecular formula is C17H28N2. The van der Waals surface area contributed by atoms with Gasteiger partial charge in [0.05, 0.1) is 18.2 Å². The Balaban J connectivity index is 2.59. The van der Waals surface area contributed by atoms with Gasteiger partial charge in [0.1, 0.15) is 0 Å². The highest BCUT2D eigenvalue weighted by atomic mass is 15.0. The minimum atomic E-state index is 0.734. The van der Waals surface area contributed by atoms with E-state index in [2.05, 4.69) is 56.3 Å². The molecule has 0 aliphatic heterocycles. The Morgan fingerprint density at radius 2 is 2.05 bits per heavy atom. The van der Waals surface area contributed by atoms with E-state index in [0.717, 1.165) is 25.3 Å². The molecule has 0 unspecified atom stereocenters. The summed E-state index contributed by atoms with van der Waals surface area (Å²) in [5.41, 5.74) is 4.05. The molecule has 0 aliphatic carbocycles. The first-order valence-electron chi connectivity index (χ1n) is 7.29. The summed E-state index contributed by atoms with van der Waals surface area (Å²) < 4.78 is 2.25. The van der Waals surface area contributed by atoms with Crippen molar-refractivity contribution in [3.8, 4) is 0 Å². The van der Waals surface area contributed by atoms with E-state index in [9.17, 15) is 0 Å². The number of allylic oxidation sites excluding steroid dienone is 3. The Morgan fingerprint density at radius 3 is 2.68 bits per heavy atom. The molecule has 1 heterocycles. The maximum absolute atomic E-state index is 4.27. The molecule has 19 heavy (non-hydrogen) atoms. The molecule has 1 aromatic rings. The second kappa shape index (κ2) is 7.98. The molecule has 0 saturated heterocycles. The molecule has 0 atom stereocenters. The zero-order valence-electron chi connectivity index (χ0n) is 13.1. The smallest absolute Gasteiger partial charge is 0.0950 e. The SMILES string of the molecule is CC(C)=CCCC(C)=Cc1cncn1CCC(C)C. The topological polar surface area (TPSA) is 17.8 Å². The fourth-order valence-corrected chi connectivity index (χ4v) is 1.95. The van der Waals surface area contributed by atoms with E-state index in [-0.39, 0.29) is 0 Å². The molecule has 1 aromatic heterocycles. The van der Waals surface area contributed by atoms with Gasteiger partial charge < -0.3 is 4.57 Å². The number of aryl methyl sites for hydroxylation is 1. The Hall–Kier alpha value is -1.31. The van der Waals surface area contributed by atoms with E-state index in [4.69, 9.17) is 0 Å². The van der Waals surface area contributed by atoms with Crippen molar-refractivity contribution in [2.75, 3.05) is 0 Å². The van der Waals surface area contributed by atoms with Crippen molar-refractivity contribution in [2.45, 2.75) is 60.4 Å². The summed E-state index contributed by atoms with van der Waals surface area (Å²) in [6.45, 7) is 12.1. The van der Waals surface area contributed by atoms with Gasteiger partial charge in [-0.15, -0.1) is 0 Å². The second-order valence-corrected chi connectivity index (χ2v) is 6.01. The summed E-state index contributed by atoms with van der Waals surface area (Å²) in [7, 11) is 0. The lowest BCUT2D eigenvalue weighted by molar-refractivity contribution is 0.514. The highest BCUT2D eigenvalue weighted by Crippen LogP contribution is 2.13. The van der Waals surface area contributed by atoms with Crippen molar-refractivity contribution < 1.29 is 0 Å². The summed E-state index contributed by atoms with van der Waals surface area (Å²) in [6.07, 6.45) is 11.9. The Labute approximate surface area is 118 Å². The number of hydrogen-bond donors (Lipinski definition) is 0. The zero-order valence-corrected chi connectivity index (χ0v) is 13.1. The van der Waals surface area contributed by atoms with Gasteiger partial charge in [-0.3, -0.25) is 0 Å². The monoisotopic (exact) mass is 260 g/mol. The van der Waals surface area contributed by atoms with Gasteiger partial charge in [-0.05, 0) is 52.0 Å². The first-order chi connectivity index (χ1) is 8.99. The number of imidazole rings is 1. The van der Waals surface area contributed by atoms with E-state index in [1.807, 2.05) is 12.5 Å². The molecule has 2 heteroatoms. The lowest BCUT2D eigenvalue weighted by Gasteiger charge is -2.08. The van der Waals surface area contributed by atoms with E-state index < -0.39 is 0 Å². The van der Waals surface area contributed by atoms with Crippen LogP contribution in [0.2, 0.25) is 0 Å². The van der Waals surface area contributed by atoms with Crippen LogP contribution in [0.15, 0.2) is 29.7 Å². The summed E-state index contributed by atoms with van der Waals surface area (Å²) in [6, 6.07) is 0. The van der Waals surface area contributed by atoms with E-state index in [1.54, 1.807) is 0 Å². The van der Waals surface area contributed by atoms with Crippen molar-refractivity contribution in [3.05, 3.63) is 35.4 Å². The number of aromatic nitrogens is 2. The molecule has 2 nitrogen and oxygen atoms in total. The molecule has 1 rings (SSSR count). The predicted octanol–water partition coefficient (Wildman–Crippen LogP) is 5.08. The molecule has 0 bridgehead atoms. The van der Waals surface area contributed by atoms with Crippen LogP contribution in [0, 0.1) is 5.92 Å². The second-order valence-electron chi connectivity index (χ2n) is 6.01. The van der Waals surface area contributed by atoms with Crippen LogP contribution in [0.1, 0.15) is 59.6 Å². The summed E-state index contributed by atoms with van der Waals surface area (Å²) in [5, 5.41) is 0. The molecule has 0 fully saturated rings. The average Bonchev–Trinajstić information content (AvgIpc) is 2.73. The molecular weight excluding hydrogens is 232 g/mol. The van der Waals surface area contributed by atoms with Gasteiger partial charge in [0, 0.05) is 6.54 Å². The molecule has 0 amide bonds. The molecule has 0 saturated carbocycles. The summed E-state index contributed by atoms with van der Waals surface area (Å²) in [4.78, 5) is 4.27. The van der Waals surface area contributed by atoms with Crippen molar-refractivity contribution in [1.82, 2.24) is 9.55 Å². The molecule has 0 radical (unpaired) electrons. The maximum Gasteiger partial charge on any atom is 0.0950 e. The third-order valence-corrected chi connectivity index (χ3v) is 3.18. The third-order valence-electron chi connectivity index (χ3n) is 3.18. The highest BCUT2D eigenvalue weighted by molar-refractivity contribution is 5.47. The molecule has 0 aromatic carbocycles. The normalized spacial score (nSPS) is 12.0. The maximum atomic E-state index is 4.27. The zero-order chi connectivity index (χ0) is 14.3. The molecule has 0 N–H and O–H groups in total. The fraction of sp³-hybridized carbons (Fsp3) is 0.588. The van der Waals surface area contributed by atoms with Crippen LogP contribution < -0.4 is 0 Å². The largest absolute Gasteiger partial charge is 0.331 e. The lowest BCUT2D eigenvalue weighted by atomic mass is 10.1. The van der Waals surface area contributed by atoms with Crippen LogP contribution in [-0.2, 0) is 6.54 Å². The standard InChI is InChI=1S/C17H28N2/c1-14(2)7-6-8-16(5)11-17-12-18-13-19(17)10-9-15(3)4/h7,11-13,15H,6,8-10H2,1-5H3. The molecule has 0 aliphatic rings. The Morgan fingerprint density at radius 1 is 1.32 bits per heavy atom. The summed E-state index contributed by atoms with van der Waals surface area (Å²) in [5.74, 6) is 0.734. The first kappa shape index (κ1) is 15.7. The molecule has 106 valence electrons. The van der Waals surface area contributed by atoms with E-state index in [1.165, 1.54) is 23.3 Å². The number of rotatable bonds is 7. The van der Waals surface area contributed by atoms with Crippen LogP contribution in [0.25, 0.3) is 6.08 Å². The van der Waals surface area contributed by atoms with Gasteiger partial charge in [-0.25, -0.2) is 4.98 Å². The number of nitrogens with zero attached hydrogens (tertiary/aromatic N) is 2. The van der Waals surface area contributed by atoms with E-state index in [0.29, 0.717) is 0 Å².